The minimum atomic E-state index is -3.52. The molecule has 0 atom stereocenters. The van der Waals surface area contributed by atoms with Gasteiger partial charge < -0.3 is 10.2 Å². The Hall–Kier alpha value is -2.81. The summed E-state index contributed by atoms with van der Waals surface area (Å²) in [6.45, 7) is 1.31. The number of hydrogen-bond donors (Lipinski definition) is 1. The van der Waals surface area contributed by atoms with E-state index in [1.54, 1.807) is 30.5 Å². The molecule has 1 N–H and O–H groups in total. The van der Waals surface area contributed by atoms with Crippen LogP contribution in [-0.2, 0) is 23.0 Å². The second kappa shape index (κ2) is 10.5. The number of rotatable bonds is 8. The van der Waals surface area contributed by atoms with E-state index in [-0.39, 0.29) is 4.90 Å². The fraction of sp³-hybridized carbons (Fsp3) is 0.217. The van der Waals surface area contributed by atoms with Crippen molar-refractivity contribution in [2.24, 2.45) is 0 Å². The van der Waals surface area contributed by atoms with E-state index in [0.29, 0.717) is 23.9 Å². The SMILES string of the molecule is CN(C)S(=O)(=O)c1cccc(NC(=S)N(CCc2ccccc2)Cc2cccnc2)c1. The van der Waals surface area contributed by atoms with Gasteiger partial charge in [-0.15, -0.1) is 0 Å². The van der Waals surface area contributed by atoms with Crippen molar-refractivity contribution in [2.45, 2.75) is 17.9 Å². The Bertz CT molecular complexity index is 1100. The molecule has 0 aliphatic carbocycles. The van der Waals surface area contributed by atoms with Gasteiger partial charge >= 0.3 is 0 Å². The van der Waals surface area contributed by atoms with Crippen molar-refractivity contribution < 1.29 is 8.42 Å². The van der Waals surface area contributed by atoms with Crippen LogP contribution in [0.4, 0.5) is 5.69 Å². The Morgan fingerprint density at radius 1 is 1.00 bits per heavy atom. The van der Waals surface area contributed by atoms with E-state index < -0.39 is 10.0 Å². The number of nitrogens with one attached hydrogen (secondary N) is 1. The zero-order chi connectivity index (χ0) is 22.3. The first-order valence-electron chi connectivity index (χ1n) is 9.87. The number of aromatic nitrogens is 1. The number of nitrogens with zero attached hydrogens (tertiary/aromatic N) is 3. The van der Waals surface area contributed by atoms with Crippen LogP contribution in [0.5, 0.6) is 0 Å². The summed E-state index contributed by atoms with van der Waals surface area (Å²) in [6.07, 6.45) is 4.39. The minimum absolute atomic E-state index is 0.216. The smallest absolute Gasteiger partial charge is 0.242 e. The normalized spacial score (nSPS) is 11.3. The highest BCUT2D eigenvalue weighted by atomic mass is 32.2. The third-order valence-corrected chi connectivity index (χ3v) is 6.93. The minimum Gasteiger partial charge on any atom is -0.344 e. The number of hydrogen-bond acceptors (Lipinski definition) is 4. The van der Waals surface area contributed by atoms with Crippen LogP contribution < -0.4 is 5.32 Å². The van der Waals surface area contributed by atoms with Crippen LogP contribution >= 0.6 is 12.2 Å². The third kappa shape index (κ3) is 6.33. The first kappa shape index (κ1) is 22.9. The standard InChI is InChI=1S/C23H26N4O2S2/c1-26(2)31(28,29)22-12-6-11-21(16-22)25-23(30)27(18-20-10-7-14-24-17-20)15-13-19-8-4-3-5-9-19/h3-12,14,16-17H,13,15,18H2,1-2H3,(H,25,30). The summed E-state index contributed by atoms with van der Waals surface area (Å²) in [5, 5.41) is 3.73. The zero-order valence-corrected chi connectivity index (χ0v) is 19.2. The average molecular weight is 455 g/mol. The van der Waals surface area contributed by atoms with Gasteiger partial charge in [0.25, 0.3) is 0 Å². The molecule has 0 bridgehead atoms. The molecular weight excluding hydrogens is 428 g/mol. The molecule has 3 rings (SSSR count). The first-order valence-corrected chi connectivity index (χ1v) is 11.7. The van der Waals surface area contributed by atoms with Crippen molar-refractivity contribution in [3.05, 3.63) is 90.3 Å². The highest BCUT2D eigenvalue weighted by Crippen LogP contribution is 2.19. The number of thiocarbonyl (C=S) groups is 1. The summed E-state index contributed by atoms with van der Waals surface area (Å²) in [6, 6.07) is 20.8. The first-order chi connectivity index (χ1) is 14.9. The maximum atomic E-state index is 12.5. The van der Waals surface area contributed by atoms with E-state index in [0.717, 1.165) is 12.0 Å². The summed E-state index contributed by atoms with van der Waals surface area (Å²) < 4.78 is 26.1. The lowest BCUT2D eigenvalue weighted by atomic mass is 10.1. The molecule has 0 fully saturated rings. The van der Waals surface area contributed by atoms with E-state index >= 15 is 0 Å². The zero-order valence-electron chi connectivity index (χ0n) is 17.6. The van der Waals surface area contributed by atoms with Gasteiger partial charge in [-0.05, 0) is 54.0 Å². The molecule has 0 aliphatic heterocycles. The van der Waals surface area contributed by atoms with E-state index in [1.165, 1.54) is 24.0 Å². The van der Waals surface area contributed by atoms with Crippen molar-refractivity contribution in [1.82, 2.24) is 14.2 Å². The van der Waals surface area contributed by atoms with E-state index in [9.17, 15) is 8.42 Å². The van der Waals surface area contributed by atoms with Crippen molar-refractivity contribution in [3.63, 3.8) is 0 Å². The van der Waals surface area contributed by atoms with Gasteiger partial charge in [-0.25, -0.2) is 12.7 Å². The largest absolute Gasteiger partial charge is 0.344 e. The molecule has 31 heavy (non-hydrogen) atoms. The van der Waals surface area contributed by atoms with Crippen LogP contribution in [0, 0.1) is 0 Å². The molecule has 6 nitrogen and oxygen atoms in total. The fourth-order valence-electron chi connectivity index (χ4n) is 3.02. The van der Waals surface area contributed by atoms with Gasteiger partial charge in [0, 0.05) is 45.3 Å². The molecule has 0 radical (unpaired) electrons. The molecule has 162 valence electrons. The maximum absolute atomic E-state index is 12.5. The van der Waals surface area contributed by atoms with Crippen LogP contribution in [0.15, 0.2) is 84.0 Å². The van der Waals surface area contributed by atoms with Gasteiger partial charge in [0.1, 0.15) is 0 Å². The van der Waals surface area contributed by atoms with Crippen LogP contribution in [0.2, 0.25) is 0 Å². The van der Waals surface area contributed by atoms with Crippen molar-refractivity contribution in [2.75, 3.05) is 26.0 Å². The average Bonchev–Trinajstić information content (AvgIpc) is 2.78. The Morgan fingerprint density at radius 2 is 1.74 bits per heavy atom. The van der Waals surface area contributed by atoms with Gasteiger partial charge in [0.05, 0.1) is 4.90 Å². The summed E-state index contributed by atoms with van der Waals surface area (Å²) >= 11 is 5.69. The Balaban J connectivity index is 1.77. The van der Waals surface area contributed by atoms with Crippen LogP contribution in [0.1, 0.15) is 11.1 Å². The van der Waals surface area contributed by atoms with E-state index in [2.05, 4.69) is 27.3 Å². The summed E-state index contributed by atoms with van der Waals surface area (Å²) in [4.78, 5) is 6.47. The van der Waals surface area contributed by atoms with Gasteiger partial charge in [0.2, 0.25) is 10.0 Å². The second-order valence-electron chi connectivity index (χ2n) is 7.26. The highest BCUT2D eigenvalue weighted by Gasteiger charge is 2.18. The Labute approximate surface area is 189 Å². The maximum Gasteiger partial charge on any atom is 0.242 e. The predicted octanol–water partition coefficient (Wildman–Crippen LogP) is 3.77. The van der Waals surface area contributed by atoms with Gasteiger partial charge in [0.15, 0.2) is 5.11 Å². The molecule has 0 unspecified atom stereocenters. The van der Waals surface area contributed by atoms with Gasteiger partial charge in [-0.1, -0.05) is 42.5 Å². The second-order valence-corrected chi connectivity index (χ2v) is 9.80. The molecule has 0 aliphatic rings. The van der Waals surface area contributed by atoms with Crippen molar-refractivity contribution in [3.8, 4) is 0 Å². The monoisotopic (exact) mass is 454 g/mol. The Kier molecular flexibility index (Phi) is 7.73. The summed E-state index contributed by atoms with van der Waals surface area (Å²) in [5.74, 6) is 0. The van der Waals surface area contributed by atoms with Crippen molar-refractivity contribution in [1.29, 1.82) is 0 Å². The van der Waals surface area contributed by atoms with Crippen LogP contribution in [0.25, 0.3) is 0 Å². The van der Waals surface area contributed by atoms with Gasteiger partial charge in [-0.2, -0.15) is 0 Å². The molecule has 1 heterocycles. The lowest BCUT2D eigenvalue weighted by molar-refractivity contribution is 0.422. The lowest BCUT2D eigenvalue weighted by Crippen LogP contribution is -2.36. The molecular formula is C23H26N4O2S2. The third-order valence-electron chi connectivity index (χ3n) is 4.76. The fourth-order valence-corrected chi connectivity index (χ4v) is 4.24. The van der Waals surface area contributed by atoms with E-state index in [1.807, 2.05) is 36.5 Å². The van der Waals surface area contributed by atoms with E-state index in [4.69, 9.17) is 12.2 Å². The summed E-state index contributed by atoms with van der Waals surface area (Å²) in [5.41, 5.74) is 2.90. The van der Waals surface area contributed by atoms with Gasteiger partial charge in [-0.3, -0.25) is 4.98 Å². The quantitative estimate of drug-likeness (QED) is 0.523. The number of sulfonamides is 1. The molecule has 1 aromatic heterocycles. The number of benzene rings is 2. The molecule has 2 aromatic carbocycles. The Morgan fingerprint density at radius 3 is 2.42 bits per heavy atom. The molecule has 0 amide bonds. The molecule has 0 saturated heterocycles. The summed E-state index contributed by atoms with van der Waals surface area (Å²) in [7, 11) is -0.496. The van der Waals surface area contributed by atoms with Crippen molar-refractivity contribution >= 4 is 33.0 Å². The van der Waals surface area contributed by atoms with Crippen LogP contribution in [-0.4, -0.2) is 48.4 Å². The van der Waals surface area contributed by atoms with Crippen LogP contribution in [0.3, 0.4) is 0 Å². The molecule has 3 aromatic rings. The molecule has 0 spiro atoms. The number of anilines is 1. The molecule has 8 heteroatoms. The molecule has 0 saturated carbocycles. The predicted molar refractivity (Wildman–Crippen MR) is 128 cm³/mol. The topological polar surface area (TPSA) is 65.5 Å². The lowest BCUT2D eigenvalue weighted by Gasteiger charge is -2.26. The highest BCUT2D eigenvalue weighted by molar-refractivity contribution is 7.89. The number of pyridine rings is 1.